The second kappa shape index (κ2) is 5.57. The van der Waals surface area contributed by atoms with E-state index in [1.54, 1.807) is 0 Å². The third-order valence-corrected chi connectivity index (χ3v) is 4.44. The molecule has 1 N–H and O–H groups in total. The van der Waals surface area contributed by atoms with Gasteiger partial charge in [0.2, 0.25) is 0 Å². The van der Waals surface area contributed by atoms with Gasteiger partial charge in [-0.2, -0.15) is 0 Å². The van der Waals surface area contributed by atoms with Gasteiger partial charge in [0, 0.05) is 10.5 Å². The Bertz CT molecular complexity index is 387. The largest absolute Gasteiger partial charge is 0.380 e. The van der Waals surface area contributed by atoms with Gasteiger partial charge in [-0.3, -0.25) is 0 Å². The number of hydrogen-bond acceptors (Lipinski definition) is 1. The van der Waals surface area contributed by atoms with Crippen LogP contribution in [0.25, 0.3) is 0 Å². The zero-order valence-corrected chi connectivity index (χ0v) is 12.1. The van der Waals surface area contributed by atoms with Gasteiger partial charge in [0.05, 0.1) is 10.7 Å². The van der Waals surface area contributed by atoms with Crippen molar-refractivity contribution in [2.24, 2.45) is 5.92 Å². The summed E-state index contributed by atoms with van der Waals surface area (Å²) in [6.45, 7) is 2.21. The number of benzene rings is 1. The molecule has 17 heavy (non-hydrogen) atoms. The van der Waals surface area contributed by atoms with Crippen LogP contribution in [0.1, 0.15) is 32.6 Å². The minimum atomic E-state index is -0.314. The first-order chi connectivity index (χ1) is 8.11. The Morgan fingerprint density at radius 3 is 2.88 bits per heavy atom. The van der Waals surface area contributed by atoms with Crippen LogP contribution in [0, 0.1) is 11.7 Å². The third-order valence-electron chi connectivity index (χ3n) is 3.52. The molecular weight excluding hydrogens is 305 g/mol. The van der Waals surface area contributed by atoms with Crippen molar-refractivity contribution >= 4 is 33.2 Å². The second-order valence-corrected chi connectivity index (χ2v) is 5.86. The Morgan fingerprint density at radius 1 is 1.47 bits per heavy atom. The Balaban J connectivity index is 2.18. The highest BCUT2D eigenvalue weighted by Gasteiger charge is 2.26. The van der Waals surface area contributed by atoms with Gasteiger partial charge in [-0.05, 0) is 46.8 Å². The quantitative estimate of drug-likeness (QED) is 0.804. The number of rotatable bonds is 3. The minimum absolute atomic E-state index is 0.314. The fourth-order valence-electron chi connectivity index (χ4n) is 2.58. The molecule has 0 radical (unpaired) electrons. The number of anilines is 1. The molecule has 0 spiro atoms. The Morgan fingerprint density at radius 2 is 2.24 bits per heavy atom. The van der Waals surface area contributed by atoms with Gasteiger partial charge in [-0.1, -0.05) is 31.4 Å². The standard InChI is InChI=1S/C13H16BrClFN/c1-2-8-4-3-5-12(8)17-13-10(14)6-9(16)7-11(13)15/h6-8,12,17H,2-5H2,1H3. The first-order valence-electron chi connectivity index (χ1n) is 6.03. The molecule has 2 rings (SSSR count). The van der Waals surface area contributed by atoms with Crippen LogP contribution < -0.4 is 5.32 Å². The van der Waals surface area contributed by atoms with Crippen LogP contribution in [0.4, 0.5) is 10.1 Å². The van der Waals surface area contributed by atoms with E-state index in [2.05, 4.69) is 28.2 Å². The molecule has 1 aromatic rings. The van der Waals surface area contributed by atoms with Crippen LogP contribution in [-0.2, 0) is 0 Å². The maximum Gasteiger partial charge on any atom is 0.125 e. The van der Waals surface area contributed by atoms with E-state index in [-0.39, 0.29) is 5.82 Å². The van der Waals surface area contributed by atoms with Gasteiger partial charge in [0.1, 0.15) is 5.82 Å². The predicted octanol–water partition coefficient (Wildman–Crippen LogP) is 5.23. The summed E-state index contributed by atoms with van der Waals surface area (Å²) < 4.78 is 13.8. The van der Waals surface area contributed by atoms with E-state index in [0.29, 0.717) is 21.5 Å². The summed E-state index contributed by atoms with van der Waals surface area (Å²) in [5, 5.41) is 3.90. The van der Waals surface area contributed by atoms with Crippen molar-refractivity contribution in [2.75, 3.05) is 5.32 Å². The molecule has 0 aliphatic heterocycles. The highest BCUT2D eigenvalue weighted by Crippen LogP contribution is 2.36. The van der Waals surface area contributed by atoms with E-state index in [4.69, 9.17) is 11.6 Å². The lowest BCUT2D eigenvalue weighted by molar-refractivity contribution is 0.489. The zero-order chi connectivity index (χ0) is 12.4. The van der Waals surface area contributed by atoms with Crippen molar-refractivity contribution in [1.29, 1.82) is 0 Å². The smallest absolute Gasteiger partial charge is 0.125 e. The molecule has 2 atom stereocenters. The second-order valence-electron chi connectivity index (χ2n) is 4.59. The average molecular weight is 321 g/mol. The number of halogens is 3. The highest BCUT2D eigenvalue weighted by atomic mass is 79.9. The lowest BCUT2D eigenvalue weighted by Gasteiger charge is -2.22. The maximum absolute atomic E-state index is 13.1. The van der Waals surface area contributed by atoms with Crippen molar-refractivity contribution in [2.45, 2.75) is 38.6 Å². The van der Waals surface area contributed by atoms with Crippen LogP contribution in [0.3, 0.4) is 0 Å². The molecule has 0 saturated heterocycles. The average Bonchev–Trinajstić information content (AvgIpc) is 2.70. The van der Waals surface area contributed by atoms with Gasteiger partial charge in [0.25, 0.3) is 0 Å². The zero-order valence-electron chi connectivity index (χ0n) is 9.77. The summed E-state index contributed by atoms with van der Waals surface area (Å²) in [6, 6.07) is 3.26. The molecule has 1 aromatic carbocycles. The molecule has 1 fully saturated rings. The van der Waals surface area contributed by atoms with Gasteiger partial charge in [0.15, 0.2) is 0 Å². The van der Waals surface area contributed by atoms with Crippen LogP contribution in [0.15, 0.2) is 16.6 Å². The summed E-state index contributed by atoms with van der Waals surface area (Å²) in [5.41, 5.74) is 0.818. The van der Waals surface area contributed by atoms with E-state index in [1.165, 1.54) is 37.8 Å². The van der Waals surface area contributed by atoms with Crippen LogP contribution >= 0.6 is 27.5 Å². The van der Waals surface area contributed by atoms with Crippen molar-refractivity contribution in [3.8, 4) is 0 Å². The normalized spacial score (nSPS) is 24.0. The van der Waals surface area contributed by atoms with E-state index in [0.717, 1.165) is 5.69 Å². The molecule has 1 aliphatic carbocycles. The van der Waals surface area contributed by atoms with Crippen molar-refractivity contribution in [3.63, 3.8) is 0 Å². The molecule has 0 aromatic heterocycles. The lowest BCUT2D eigenvalue weighted by Crippen LogP contribution is -2.23. The summed E-state index contributed by atoms with van der Waals surface area (Å²) >= 11 is 9.43. The Labute approximate surface area is 115 Å². The van der Waals surface area contributed by atoms with E-state index in [1.807, 2.05) is 0 Å². The third kappa shape index (κ3) is 2.94. The van der Waals surface area contributed by atoms with Gasteiger partial charge < -0.3 is 5.32 Å². The highest BCUT2D eigenvalue weighted by molar-refractivity contribution is 9.10. The van der Waals surface area contributed by atoms with Gasteiger partial charge >= 0.3 is 0 Å². The fourth-order valence-corrected chi connectivity index (χ4v) is 3.50. The molecule has 0 amide bonds. The van der Waals surface area contributed by atoms with Crippen LogP contribution in [0.5, 0.6) is 0 Å². The monoisotopic (exact) mass is 319 g/mol. The topological polar surface area (TPSA) is 12.0 Å². The lowest BCUT2D eigenvalue weighted by atomic mass is 10.0. The molecule has 1 nitrogen and oxygen atoms in total. The van der Waals surface area contributed by atoms with Crippen LogP contribution in [0.2, 0.25) is 5.02 Å². The van der Waals surface area contributed by atoms with Crippen molar-refractivity contribution < 1.29 is 4.39 Å². The van der Waals surface area contributed by atoms with Gasteiger partial charge in [-0.25, -0.2) is 4.39 Å². The molecular formula is C13H16BrClFN. The van der Waals surface area contributed by atoms with E-state index in [9.17, 15) is 4.39 Å². The molecule has 0 bridgehead atoms. The summed E-state index contributed by atoms with van der Waals surface area (Å²) in [5.74, 6) is 0.383. The Kier molecular flexibility index (Phi) is 4.31. The summed E-state index contributed by atoms with van der Waals surface area (Å²) in [6.07, 6.45) is 4.87. The molecule has 4 heteroatoms. The molecule has 2 unspecified atom stereocenters. The maximum atomic E-state index is 13.1. The molecule has 0 heterocycles. The fraction of sp³-hybridized carbons (Fsp3) is 0.538. The molecule has 1 aliphatic rings. The summed E-state index contributed by atoms with van der Waals surface area (Å²) in [4.78, 5) is 0. The number of nitrogens with one attached hydrogen (secondary N) is 1. The predicted molar refractivity (Wildman–Crippen MR) is 74.2 cm³/mol. The Hall–Kier alpha value is -0.280. The SMILES string of the molecule is CCC1CCCC1Nc1c(Cl)cc(F)cc1Br. The van der Waals surface area contributed by atoms with Crippen molar-refractivity contribution in [1.82, 2.24) is 0 Å². The molecule has 94 valence electrons. The minimum Gasteiger partial charge on any atom is -0.380 e. The summed E-state index contributed by atoms with van der Waals surface area (Å²) in [7, 11) is 0. The van der Waals surface area contributed by atoms with Crippen LogP contribution in [-0.4, -0.2) is 6.04 Å². The first-order valence-corrected chi connectivity index (χ1v) is 7.20. The number of hydrogen-bond donors (Lipinski definition) is 1. The van der Waals surface area contributed by atoms with E-state index >= 15 is 0 Å². The van der Waals surface area contributed by atoms with Gasteiger partial charge in [-0.15, -0.1) is 0 Å². The first kappa shape index (κ1) is 13.2. The molecule has 1 saturated carbocycles. The van der Waals surface area contributed by atoms with E-state index < -0.39 is 0 Å². The van der Waals surface area contributed by atoms with Crippen molar-refractivity contribution in [3.05, 3.63) is 27.4 Å².